The third-order valence-electron chi connectivity index (χ3n) is 6.23. The van der Waals surface area contributed by atoms with Gasteiger partial charge in [0.25, 0.3) is 0 Å². The molecule has 0 bridgehead atoms. The highest BCUT2D eigenvalue weighted by atomic mass is 35.5. The Morgan fingerprint density at radius 3 is 2.42 bits per heavy atom. The molecule has 2 fully saturated rings. The predicted octanol–water partition coefficient (Wildman–Crippen LogP) is 4.40. The topological polar surface area (TPSA) is 66.9 Å². The number of carbonyl (C=O) groups is 1. The quantitative estimate of drug-likeness (QED) is 0.545. The van der Waals surface area contributed by atoms with Gasteiger partial charge < -0.3 is 9.64 Å². The van der Waals surface area contributed by atoms with Crippen LogP contribution in [0.15, 0.2) is 48.5 Å². The van der Waals surface area contributed by atoms with Crippen LogP contribution in [-0.2, 0) is 19.6 Å². The Morgan fingerprint density at radius 1 is 1.15 bits per heavy atom. The fraction of sp³-hybridized carbons (Fsp3) is 0.458. The van der Waals surface area contributed by atoms with Crippen molar-refractivity contribution in [3.63, 3.8) is 0 Å². The molecule has 1 unspecified atom stereocenters. The van der Waals surface area contributed by atoms with Crippen LogP contribution in [0.2, 0.25) is 5.02 Å². The molecule has 1 heterocycles. The van der Waals surface area contributed by atoms with Crippen LogP contribution >= 0.6 is 11.6 Å². The maximum absolute atomic E-state index is 14.8. The number of nitrogens with zero attached hydrogens (tertiary/aromatic N) is 2. The van der Waals surface area contributed by atoms with E-state index < -0.39 is 33.2 Å². The summed E-state index contributed by atoms with van der Waals surface area (Å²) in [5.41, 5.74) is 0.861. The Morgan fingerprint density at radius 2 is 1.82 bits per heavy atom. The van der Waals surface area contributed by atoms with Crippen LogP contribution < -0.4 is 4.31 Å². The summed E-state index contributed by atoms with van der Waals surface area (Å²) in [7, 11) is -3.77. The Bertz CT molecular complexity index is 1110. The maximum Gasteiger partial charge on any atom is 0.249 e. The fourth-order valence-electron chi connectivity index (χ4n) is 4.27. The molecule has 1 amide bonds. The standard InChI is InChI=1S/C24H28ClFN2O4S/c1-16(2)22(28-23(14-32-15-24(28)29)17-7-9-18(25)10-8-17)13-27(33(30,31)19-11-12-19)21-6-4-3-5-20(21)26/h3-10,16,19,22-23H,11-15H2,1-2H3/t22?,23-/m0/s1. The molecular formula is C24H28ClFN2O4S. The number of para-hydroxylation sites is 1. The first-order valence-corrected chi connectivity index (χ1v) is 13.0. The van der Waals surface area contributed by atoms with Gasteiger partial charge in [0.05, 0.1) is 36.2 Å². The third-order valence-corrected chi connectivity index (χ3v) is 8.76. The zero-order valence-corrected chi connectivity index (χ0v) is 20.2. The van der Waals surface area contributed by atoms with E-state index in [4.69, 9.17) is 16.3 Å². The normalized spacial score (nSPS) is 20.2. The number of anilines is 1. The van der Waals surface area contributed by atoms with E-state index in [-0.39, 0.29) is 37.3 Å². The minimum Gasteiger partial charge on any atom is -0.369 e. The lowest BCUT2D eigenvalue weighted by Crippen LogP contribution is -2.56. The van der Waals surface area contributed by atoms with E-state index in [1.54, 1.807) is 23.1 Å². The molecule has 1 aliphatic carbocycles. The smallest absolute Gasteiger partial charge is 0.249 e. The van der Waals surface area contributed by atoms with E-state index in [1.165, 1.54) is 22.5 Å². The average Bonchev–Trinajstić information content (AvgIpc) is 3.62. The summed E-state index contributed by atoms with van der Waals surface area (Å²) in [6.45, 7) is 4.05. The van der Waals surface area contributed by atoms with Gasteiger partial charge in [-0.2, -0.15) is 0 Å². The lowest BCUT2D eigenvalue weighted by atomic mass is 9.96. The Balaban J connectivity index is 1.74. The van der Waals surface area contributed by atoms with E-state index in [9.17, 15) is 17.6 Å². The number of carbonyl (C=O) groups excluding carboxylic acids is 1. The zero-order chi connectivity index (χ0) is 23.8. The molecule has 0 N–H and O–H groups in total. The van der Waals surface area contributed by atoms with Gasteiger partial charge in [0.15, 0.2) is 0 Å². The number of hydrogen-bond acceptors (Lipinski definition) is 4. The minimum atomic E-state index is -3.77. The van der Waals surface area contributed by atoms with Crippen molar-refractivity contribution in [2.75, 3.05) is 24.1 Å². The van der Waals surface area contributed by atoms with E-state index in [0.29, 0.717) is 17.9 Å². The number of rotatable bonds is 8. The molecule has 6 nitrogen and oxygen atoms in total. The van der Waals surface area contributed by atoms with Crippen LogP contribution in [0.5, 0.6) is 0 Å². The van der Waals surface area contributed by atoms with Crippen LogP contribution in [0.4, 0.5) is 10.1 Å². The molecule has 1 aliphatic heterocycles. The van der Waals surface area contributed by atoms with Gasteiger partial charge in [0.2, 0.25) is 15.9 Å². The van der Waals surface area contributed by atoms with E-state index in [1.807, 2.05) is 26.0 Å². The van der Waals surface area contributed by atoms with Gasteiger partial charge in [-0.05, 0) is 48.6 Å². The highest BCUT2D eigenvalue weighted by molar-refractivity contribution is 7.93. The van der Waals surface area contributed by atoms with Gasteiger partial charge in [0.1, 0.15) is 12.4 Å². The molecule has 2 atom stereocenters. The summed E-state index contributed by atoms with van der Waals surface area (Å²) >= 11 is 6.05. The fourth-order valence-corrected chi connectivity index (χ4v) is 6.27. The van der Waals surface area contributed by atoms with Gasteiger partial charge in [-0.3, -0.25) is 9.10 Å². The summed E-state index contributed by atoms with van der Waals surface area (Å²) < 4.78 is 48.3. The number of benzene rings is 2. The SMILES string of the molecule is CC(C)C(CN(c1ccccc1F)S(=O)(=O)C1CC1)N1C(=O)COC[C@H]1c1ccc(Cl)cc1. The first-order chi connectivity index (χ1) is 15.7. The molecule has 33 heavy (non-hydrogen) atoms. The van der Waals surface area contributed by atoms with E-state index in [0.717, 1.165) is 5.56 Å². The van der Waals surface area contributed by atoms with Crippen molar-refractivity contribution in [3.8, 4) is 0 Å². The van der Waals surface area contributed by atoms with Crippen LogP contribution in [-0.4, -0.2) is 50.3 Å². The number of amides is 1. The second kappa shape index (κ2) is 9.60. The highest BCUT2D eigenvalue weighted by Crippen LogP contribution is 2.37. The van der Waals surface area contributed by atoms with Gasteiger partial charge in [-0.25, -0.2) is 12.8 Å². The average molecular weight is 495 g/mol. The Labute approximate surface area is 199 Å². The molecule has 4 rings (SSSR count). The number of morpholine rings is 1. The summed E-state index contributed by atoms with van der Waals surface area (Å²) in [4.78, 5) is 14.8. The van der Waals surface area contributed by atoms with E-state index in [2.05, 4.69) is 0 Å². The molecule has 2 aromatic carbocycles. The Kier molecular flexibility index (Phi) is 6.98. The lowest BCUT2D eigenvalue weighted by Gasteiger charge is -2.44. The van der Waals surface area contributed by atoms with Crippen LogP contribution in [0, 0.1) is 11.7 Å². The van der Waals surface area contributed by atoms with Crippen LogP contribution in [0.25, 0.3) is 0 Å². The molecule has 0 spiro atoms. The number of halogens is 2. The van der Waals surface area contributed by atoms with Crippen molar-refractivity contribution in [3.05, 3.63) is 64.9 Å². The Hall–Kier alpha value is -2.16. The largest absolute Gasteiger partial charge is 0.369 e. The summed E-state index contributed by atoms with van der Waals surface area (Å²) in [5.74, 6) is -0.922. The molecule has 0 aromatic heterocycles. The van der Waals surface area contributed by atoms with Gasteiger partial charge >= 0.3 is 0 Å². The molecule has 178 valence electrons. The summed E-state index contributed by atoms with van der Waals surface area (Å²) in [5, 5.41) is 0.0624. The zero-order valence-electron chi connectivity index (χ0n) is 18.7. The van der Waals surface area contributed by atoms with Crippen molar-refractivity contribution < 1.29 is 22.3 Å². The molecule has 2 aromatic rings. The third kappa shape index (κ3) is 5.03. The molecular weight excluding hydrogens is 467 g/mol. The van der Waals surface area contributed by atoms with Crippen molar-refractivity contribution in [1.82, 2.24) is 4.90 Å². The van der Waals surface area contributed by atoms with Crippen LogP contribution in [0.3, 0.4) is 0 Å². The van der Waals surface area contributed by atoms with Gasteiger partial charge in [0, 0.05) is 5.02 Å². The molecule has 9 heteroatoms. The monoisotopic (exact) mass is 494 g/mol. The summed E-state index contributed by atoms with van der Waals surface area (Å²) in [6, 6.07) is 12.2. The van der Waals surface area contributed by atoms with Gasteiger partial charge in [-0.15, -0.1) is 0 Å². The first kappa shape index (κ1) is 24.0. The first-order valence-electron chi connectivity index (χ1n) is 11.1. The van der Waals surface area contributed by atoms with Crippen molar-refractivity contribution in [2.45, 2.75) is 44.0 Å². The maximum atomic E-state index is 14.8. The molecule has 0 radical (unpaired) electrons. The molecule has 1 saturated heterocycles. The van der Waals surface area contributed by atoms with Crippen molar-refractivity contribution in [2.24, 2.45) is 5.92 Å². The van der Waals surface area contributed by atoms with Crippen molar-refractivity contribution in [1.29, 1.82) is 0 Å². The predicted molar refractivity (Wildman–Crippen MR) is 126 cm³/mol. The van der Waals surface area contributed by atoms with Gasteiger partial charge in [-0.1, -0.05) is 49.7 Å². The lowest BCUT2D eigenvalue weighted by molar-refractivity contribution is -0.153. The number of ether oxygens (including phenoxy) is 1. The van der Waals surface area contributed by atoms with Crippen molar-refractivity contribution >= 4 is 33.2 Å². The molecule has 2 aliphatic rings. The minimum absolute atomic E-state index is 0.0128. The highest BCUT2D eigenvalue weighted by Gasteiger charge is 2.44. The molecule has 1 saturated carbocycles. The second-order valence-electron chi connectivity index (χ2n) is 8.92. The number of hydrogen-bond donors (Lipinski definition) is 0. The van der Waals surface area contributed by atoms with E-state index >= 15 is 0 Å². The van der Waals surface area contributed by atoms with Crippen LogP contribution in [0.1, 0.15) is 38.3 Å². The number of sulfonamides is 1. The summed E-state index contributed by atoms with van der Waals surface area (Å²) in [6.07, 6.45) is 1.12. The second-order valence-corrected chi connectivity index (χ2v) is 11.5.